The summed E-state index contributed by atoms with van der Waals surface area (Å²) in [5.41, 5.74) is -0.138. The van der Waals surface area contributed by atoms with Crippen LogP contribution < -0.4 is 0 Å². The molecule has 1 N–H and O–H groups in total. The van der Waals surface area contributed by atoms with Gasteiger partial charge >= 0.3 is 5.97 Å². The topological polar surface area (TPSA) is 84.6 Å². The van der Waals surface area contributed by atoms with Crippen LogP contribution in [-0.2, 0) is 15.6 Å². The van der Waals surface area contributed by atoms with Crippen molar-refractivity contribution in [1.82, 2.24) is 0 Å². The Morgan fingerprint density at radius 1 is 1.21 bits per heavy atom. The second-order valence-corrected chi connectivity index (χ2v) is 6.68. The van der Waals surface area contributed by atoms with Crippen LogP contribution in [0.25, 0.3) is 0 Å². The number of aromatic carboxylic acids is 1. The van der Waals surface area contributed by atoms with Gasteiger partial charge in [-0.25, -0.2) is 13.2 Å². The van der Waals surface area contributed by atoms with E-state index < -0.39 is 21.6 Å². The fourth-order valence-electron chi connectivity index (χ4n) is 1.54. The van der Waals surface area contributed by atoms with Crippen LogP contribution in [0.5, 0.6) is 0 Å². The van der Waals surface area contributed by atoms with Crippen molar-refractivity contribution in [2.24, 2.45) is 0 Å². The lowest BCUT2D eigenvalue weighted by molar-refractivity contribution is 0.0695. The number of furan rings is 1. The monoisotopic (exact) mass is 344 g/mol. The van der Waals surface area contributed by atoms with Gasteiger partial charge in [0.05, 0.1) is 11.2 Å². The molecule has 0 spiro atoms. The molecule has 2 aromatic rings. The minimum absolute atomic E-state index is 0.0737. The van der Waals surface area contributed by atoms with Gasteiger partial charge in [0.2, 0.25) is 0 Å². The number of carboxylic acids is 1. The first-order valence-corrected chi connectivity index (χ1v) is 7.62. The quantitative estimate of drug-likeness (QED) is 0.921. The summed E-state index contributed by atoms with van der Waals surface area (Å²) in [5, 5.41) is 8.90. The molecule has 0 aliphatic rings. The van der Waals surface area contributed by atoms with E-state index in [2.05, 4.69) is 15.9 Å². The van der Waals surface area contributed by atoms with Crippen LogP contribution >= 0.6 is 15.9 Å². The molecule has 0 unspecified atom stereocenters. The Balaban J connectivity index is 2.34. The number of rotatable bonds is 4. The minimum Gasteiger partial charge on any atom is -0.478 e. The van der Waals surface area contributed by atoms with Crippen molar-refractivity contribution in [3.05, 3.63) is 52.4 Å². The molecule has 2 rings (SSSR count). The third kappa shape index (κ3) is 3.05. The molecule has 0 amide bonds. The lowest BCUT2D eigenvalue weighted by Gasteiger charge is -2.03. The molecule has 7 heteroatoms. The molecule has 0 atom stereocenters. The largest absolute Gasteiger partial charge is 0.478 e. The van der Waals surface area contributed by atoms with Gasteiger partial charge < -0.3 is 9.52 Å². The fraction of sp³-hybridized carbons (Fsp3) is 0.0833. The molecule has 0 bridgehead atoms. The van der Waals surface area contributed by atoms with Crippen molar-refractivity contribution in [1.29, 1.82) is 0 Å². The van der Waals surface area contributed by atoms with Crippen LogP contribution in [0, 0.1) is 0 Å². The normalized spacial score (nSPS) is 11.4. The minimum atomic E-state index is -3.63. The predicted octanol–water partition coefficient (Wildman–Crippen LogP) is 2.71. The van der Waals surface area contributed by atoms with Crippen LogP contribution in [0.3, 0.4) is 0 Å². The van der Waals surface area contributed by atoms with Crippen LogP contribution in [0.2, 0.25) is 0 Å². The van der Waals surface area contributed by atoms with Gasteiger partial charge in [-0.05, 0) is 30.3 Å². The Bertz CT molecular complexity index is 700. The summed E-state index contributed by atoms with van der Waals surface area (Å²) in [5.74, 6) is -1.77. The third-order valence-corrected chi connectivity index (χ3v) is 4.63. The molecule has 0 saturated carbocycles. The summed E-state index contributed by atoms with van der Waals surface area (Å²) in [6.45, 7) is 0. The van der Waals surface area contributed by atoms with E-state index in [0.29, 0.717) is 0 Å². The number of carbonyl (C=O) groups is 1. The summed E-state index contributed by atoms with van der Waals surface area (Å²) in [6.07, 6.45) is 1.16. The zero-order valence-corrected chi connectivity index (χ0v) is 11.9. The van der Waals surface area contributed by atoms with Crippen LogP contribution in [0.15, 0.2) is 50.4 Å². The highest BCUT2D eigenvalue weighted by Gasteiger charge is 2.22. The van der Waals surface area contributed by atoms with Gasteiger partial charge in [-0.2, -0.15) is 0 Å². The molecule has 1 aromatic carbocycles. The molecule has 0 aliphatic carbocycles. The Morgan fingerprint density at radius 2 is 1.84 bits per heavy atom. The summed E-state index contributed by atoms with van der Waals surface area (Å²) < 4.78 is 29.9. The highest BCUT2D eigenvalue weighted by molar-refractivity contribution is 9.10. The molecular weight excluding hydrogens is 336 g/mol. The molecule has 0 fully saturated rings. The van der Waals surface area contributed by atoms with Crippen LogP contribution in [-0.4, -0.2) is 19.5 Å². The number of hydrogen-bond acceptors (Lipinski definition) is 4. The maximum atomic E-state index is 12.1. The summed E-state index contributed by atoms with van der Waals surface area (Å²) in [4.78, 5) is 11.0. The van der Waals surface area contributed by atoms with Crippen molar-refractivity contribution in [3.63, 3.8) is 0 Å². The molecule has 0 aliphatic heterocycles. The van der Waals surface area contributed by atoms with Gasteiger partial charge in [-0.15, -0.1) is 0 Å². The van der Waals surface area contributed by atoms with Crippen molar-refractivity contribution < 1.29 is 22.7 Å². The second kappa shape index (κ2) is 5.18. The van der Waals surface area contributed by atoms with Crippen molar-refractivity contribution in [2.45, 2.75) is 10.6 Å². The highest BCUT2D eigenvalue weighted by atomic mass is 79.9. The average molecular weight is 345 g/mol. The van der Waals surface area contributed by atoms with Gasteiger partial charge in [0.1, 0.15) is 17.1 Å². The first kappa shape index (κ1) is 13.8. The molecule has 100 valence electrons. The lowest BCUT2D eigenvalue weighted by Crippen LogP contribution is -2.07. The molecular formula is C12H9BrO5S. The summed E-state index contributed by atoms with van der Waals surface area (Å²) >= 11 is 3.21. The Hall–Kier alpha value is -1.60. The SMILES string of the molecule is O=C(O)c1ccoc1CS(=O)(=O)c1ccc(Br)cc1. The van der Waals surface area contributed by atoms with Gasteiger partial charge in [0, 0.05) is 4.47 Å². The van der Waals surface area contributed by atoms with E-state index in [9.17, 15) is 13.2 Å². The number of carboxylic acid groups (broad SMARTS) is 1. The van der Waals surface area contributed by atoms with E-state index >= 15 is 0 Å². The van der Waals surface area contributed by atoms with Crippen LogP contribution in [0.1, 0.15) is 16.1 Å². The zero-order chi connectivity index (χ0) is 14.0. The zero-order valence-electron chi connectivity index (χ0n) is 9.54. The Kier molecular flexibility index (Phi) is 3.77. The van der Waals surface area contributed by atoms with Gasteiger partial charge in [0.15, 0.2) is 9.84 Å². The third-order valence-electron chi connectivity index (χ3n) is 2.47. The number of benzene rings is 1. The number of hydrogen-bond donors (Lipinski definition) is 1. The molecule has 0 radical (unpaired) electrons. The number of halogens is 1. The van der Waals surface area contributed by atoms with Gasteiger partial charge in [0.25, 0.3) is 0 Å². The standard InChI is InChI=1S/C12H9BrO5S/c13-8-1-3-9(4-2-8)19(16,17)7-11-10(12(14)15)5-6-18-11/h1-6H,7H2,(H,14,15). The Labute approximate surface area is 117 Å². The molecule has 19 heavy (non-hydrogen) atoms. The van der Waals surface area contributed by atoms with E-state index in [0.717, 1.165) is 10.7 Å². The maximum Gasteiger partial charge on any atom is 0.339 e. The molecule has 1 aromatic heterocycles. The fourth-order valence-corrected chi connectivity index (χ4v) is 3.09. The Morgan fingerprint density at radius 3 is 2.42 bits per heavy atom. The first-order chi connectivity index (χ1) is 8.90. The van der Waals surface area contributed by atoms with E-state index in [4.69, 9.17) is 9.52 Å². The second-order valence-electron chi connectivity index (χ2n) is 3.78. The average Bonchev–Trinajstić information content (AvgIpc) is 2.77. The van der Waals surface area contributed by atoms with Gasteiger partial charge in [-0.3, -0.25) is 0 Å². The lowest BCUT2D eigenvalue weighted by atomic mass is 10.3. The van der Waals surface area contributed by atoms with Crippen molar-refractivity contribution >= 4 is 31.7 Å². The summed E-state index contributed by atoms with van der Waals surface area (Å²) in [6, 6.07) is 7.33. The van der Waals surface area contributed by atoms with Crippen molar-refractivity contribution in [3.8, 4) is 0 Å². The molecule has 5 nitrogen and oxygen atoms in total. The number of sulfone groups is 1. The highest BCUT2D eigenvalue weighted by Crippen LogP contribution is 2.21. The first-order valence-electron chi connectivity index (χ1n) is 5.18. The molecule has 1 heterocycles. The smallest absolute Gasteiger partial charge is 0.339 e. The van der Waals surface area contributed by atoms with E-state index in [-0.39, 0.29) is 16.2 Å². The van der Waals surface area contributed by atoms with E-state index in [1.807, 2.05) is 0 Å². The van der Waals surface area contributed by atoms with Crippen molar-refractivity contribution in [2.75, 3.05) is 0 Å². The van der Waals surface area contributed by atoms with E-state index in [1.165, 1.54) is 18.2 Å². The van der Waals surface area contributed by atoms with Crippen LogP contribution in [0.4, 0.5) is 0 Å². The van der Waals surface area contributed by atoms with Gasteiger partial charge in [-0.1, -0.05) is 15.9 Å². The predicted molar refractivity (Wildman–Crippen MR) is 70.7 cm³/mol. The van der Waals surface area contributed by atoms with E-state index in [1.54, 1.807) is 12.1 Å². The maximum absolute atomic E-state index is 12.1. The molecule has 0 saturated heterocycles. The summed E-state index contributed by atoms with van der Waals surface area (Å²) in [7, 11) is -3.63.